The summed E-state index contributed by atoms with van der Waals surface area (Å²) in [5.41, 5.74) is 1.23. The smallest absolute Gasteiger partial charge is 0.394 e. The SMILES string of the molecule is CCCCN(C(=O)C(=O)O)c1c([N+](=O)[O-])ccc2c1CCCN2. The highest BCUT2D eigenvalue weighted by Gasteiger charge is 2.32. The van der Waals surface area contributed by atoms with Gasteiger partial charge in [-0.15, -0.1) is 0 Å². The molecule has 8 nitrogen and oxygen atoms in total. The van der Waals surface area contributed by atoms with Crippen LogP contribution in [-0.2, 0) is 16.0 Å². The van der Waals surface area contributed by atoms with Crippen LogP contribution in [0.4, 0.5) is 17.1 Å². The maximum Gasteiger partial charge on any atom is 0.394 e. The van der Waals surface area contributed by atoms with Gasteiger partial charge in [0.25, 0.3) is 5.69 Å². The van der Waals surface area contributed by atoms with E-state index in [1.54, 1.807) is 6.07 Å². The number of nitro groups is 1. The van der Waals surface area contributed by atoms with E-state index in [1.807, 2.05) is 6.92 Å². The molecular weight excluding hydrogens is 302 g/mol. The molecule has 2 N–H and O–H groups in total. The highest BCUT2D eigenvalue weighted by Crippen LogP contribution is 2.39. The van der Waals surface area contributed by atoms with Gasteiger partial charge in [0.15, 0.2) is 0 Å². The van der Waals surface area contributed by atoms with E-state index < -0.39 is 16.8 Å². The lowest BCUT2D eigenvalue weighted by Crippen LogP contribution is -2.38. The summed E-state index contributed by atoms with van der Waals surface area (Å²) in [5.74, 6) is -2.75. The molecule has 1 amide bonds. The molecule has 124 valence electrons. The second-order valence-corrected chi connectivity index (χ2v) is 5.36. The molecule has 0 radical (unpaired) electrons. The van der Waals surface area contributed by atoms with Crippen molar-refractivity contribution in [3.05, 3.63) is 27.8 Å². The third-order valence-corrected chi connectivity index (χ3v) is 3.81. The Hall–Kier alpha value is -2.64. The van der Waals surface area contributed by atoms with Crippen LogP contribution in [0.3, 0.4) is 0 Å². The van der Waals surface area contributed by atoms with E-state index in [2.05, 4.69) is 5.32 Å². The summed E-state index contributed by atoms with van der Waals surface area (Å²) < 4.78 is 0. The fourth-order valence-electron chi connectivity index (χ4n) is 2.73. The molecule has 0 saturated heterocycles. The quantitative estimate of drug-likeness (QED) is 0.488. The number of aliphatic carboxylic acids is 1. The van der Waals surface area contributed by atoms with Crippen LogP contribution in [0.2, 0.25) is 0 Å². The van der Waals surface area contributed by atoms with Crippen molar-refractivity contribution in [2.45, 2.75) is 32.6 Å². The van der Waals surface area contributed by atoms with Crippen LogP contribution in [0.15, 0.2) is 12.1 Å². The minimum absolute atomic E-state index is 0.112. The molecule has 8 heteroatoms. The minimum atomic E-state index is -1.61. The molecule has 1 aromatic carbocycles. The molecule has 1 heterocycles. The number of nitro benzene ring substituents is 1. The van der Waals surface area contributed by atoms with Gasteiger partial charge in [-0.2, -0.15) is 0 Å². The highest BCUT2D eigenvalue weighted by atomic mass is 16.6. The predicted octanol–water partition coefficient (Wildman–Crippen LogP) is 2.17. The monoisotopic (exact) mass is 321 g/mol. The van der Waals surface area contributed by atoms with Gasteiger partial charge in [0.1, 0.15) is 5.69 Å². The summed E-state index contributed by atoms with van der Waals surface area (Å²) >= 11 is 0. The Morgan fingerprint density at radius 1 is 1.43 bits per heavy atom. The van der Waals surface area contributed by atoms with E-state index in [4.69, 9.17) is 5.11 Å². The molecule has 0 aliphatic carbocycles. The molecule has 0 saturated carbocycles. The number of rotatable bonds is 5. The highest BCUT2D eigenvalue weighted by molar-refractivity contribution is 6.37. The van der Waals surface area contributed by atoms with Gasteiger partial charge in [-0.05, 0) is 25.3 Å². The summed E-state index contributed by atoms with van der Waals surface area (Å²) in [6.07, 6.45) is 2.64. The van der Waals surface area contributed by atoms with E-state index in [-0.39, 0.29) is 17.9 Å². The van der Waals surface area contributed by atoms with Gasteiger partial charge >= 0.3 is 11.9 Å². The number of unbranched alkanes of at least 4 members (excludes halogenated alkanes) is 1. The first-order chi connectivity index (χ1) is 11.0. The maximum atomic E-state index is 12.1. The summed E-state index contributed by atoms with van der Waals surface area (Å²) in [4.78, 5) is 35.1. The molecule has 0 fully saturated rings. The van der Waals surface area contributed by atoms with E-state index in [0.717, 1.165) is 30.0 Å². The third kappa shape index (κ3) is 3.41. The molecule has 1 aromatic rings. The minimum Gasteiger partial charge on any atom is -0.474 e. The lowest BCUT2D eigenvalue weighted by molar-refractivity contribution is -0.384. The van der Waals surface area contributed by atoms with Crippen molar-refractivity contribution in [2.75, 3.05) is 23.3 Å². The molecule has 2 rings (SSSR count). The number of carbonyl (C=O) groups excluding carboxylic acids is 1. The average Bonchev–Trinajstić information content (AvgIpc) is 2.54. The van der Waals surface area contributed by atoms with Crippen molar-refractivity contribution in [2.24, 2.45) is 0 Å². The number of hydrogen-bond donors (Lipinski definition) is 2. The predicted molar refractivity (Wildman–Crippen MR) is 84.8 cm³/mol. The molecule has 0 aromatic heterocycles. The lowest BCUT2D eigenvalue weighted by Gasteiger charge is -2.27. The van der Waals surface area contributed by atoms with Crippen LogP contribution in [0.5, 0.6) is 0 Å². The van der Waals surface area contributed by atoms with Crippen LogP contribution >= 0.6 is 0 Å². The second kappa shape index (κ2) is 7.08. The molecule has 23 heavy (non-hydrogen) atoms. The van der Waals surface area contributed by atoms with E-state index in [0.29, 0.717) is 18.4 Å². The van der Waals surface area contributed by atoms with Crippen molar-refractivity contribution in [1.29, 1.82) is 0 Å². The van der Waals surface area contributed by atoms with Gasteiger partial charge in [-0.25, -0.2) is 4.79 Å². The normalized spacial score (nSPS) is 12.9. The lowest BCUT2D eigenvalue weighted by atomic mass is 9.99. The first-order valence-electron chi connectivity index (χ1n) is 7.56. The van der Waals surface area contributed by atoms with Crippen molar-refractivity contribution in [3.63, 3.8) is 0 Å². The number of nitrogens with zero attached hydrogens (tertiary/aromatic N) is 2. The molecule has 0 atom stereocenters. The fraction of sp³-hybridized carbons (Fsp3) is 0.467. The topological polar surface area (TPSA) is 113 Å². The number of nitrogens with one attached hydrogen (secondary N) is 1. The molecule has 1 aliphatic heterocycles. The Kier molecular flexibility index (Phi) is 5.15. The zero-order valence-corrected chi connectivity index (χ0v) is 12.9. The number of amides is 1. The molecular formula is C15H19N3O5. The van der Waals surface area contributed by atoms with Crippen molar-refractivity contribution in [1.82, 2.24) is 0 Å². The fourth-order valence-corrected chi connectivity index (χ4v) is 2.73. The van der Waals surface area contributed by atoms with Gasteiger partial charge in [0, 0.05) is 30.4 Å². The number of benzene rings is 1. The first-order valence-corrected chi connectivity index (χ1v) is 7.56. The number of carboxylic acids is 1. The third-order valence-electron chi connectivity index (χ3n) is 3.81. The van der Waals surface area contributed by atoms with E-state index >= 15 is 0 Å². The average molecular weight is 321 g/mol. The second-order valence-electron chi connectivity index (χ2n) is 5.36. The summed E-state index contributed by atoms with van der Waals surface area (Å²) in [6.45, 7) is 2.78. The molecule has 0 unspecified atom stereocenters. The Balaban J connectivity index is 2.61. The van der Waals surface area contributed by atoms with Gasteiger partial charge in [-0.3, -0.25) is 19.8 Å². The Morgan fingerprint density at radius 2 is 2.17 bits per heavy atom. The van der Waals surface area contributed by atoms with Crippen LogP contribution in [0.25, 0.3) is 0 Å². The number of fused-ring (bicyclic) bond motifs is 1. The van der Waals surface area contributed by atoms with Gasteiger partial charge < -0.3 is 10.4 Å². The van der Waals surface area contributed by atoms with Gasteiger partial charge in [0.05, 0.1) is 4.92 Å². The number of carbonyl (C=O) groups is 2. The Bertz CT molecular complexity index is 644. The van der Waals surface area contributed by atoms with E-state index in [1.165, 1.54) is 6.07 Å². The zero-order chi connectivity index (χ0) is 17.0. The molecule has 0 spiro atoms. The van der Waals surface area contributed by atoms with Crippen molar-refractivity contribution >= 4 is 28.9 Å². The largest absolute Gasteiger partial charge is 0.474 e. The van der Waals surface area contributed by atoms with Crippen LogP contribution in [0.1, 0.15) is 31.7 Å². The van der Waals surface area contributed by atoms with Crippen LogP contribution in [-0.4, -0.2) is 35.0 Å². The first kappa shape index (κ1) is 16.7. The Morgan fingerprint density at radius 3 is 2.78 bits per heavy atom. The van der Waals surface area contributed by atoms with Crippen molar-refractivity contribution in [3.8, 4) is 0 Å². The standard InChI is InChI=1S/C15H19N3O5/c1-2-3-9-17(14(19)15(20)21)13-10-5-4-8-16-11(10)6-7-12(13)18(22)23/h6-7,16H,2-5,8-9H2,1H3,(H,20,21). The van der Waals surface area contributed by atoms with Gasteiger partial charge in [-0.1, -0.05) is 13.3 Å². The summed E-state index contributed by atoms with van der Waals surface area (Å²) in [7, 11) is 0. The number of anilines is 2. The number of carboxylic acid groups (broad SMARTS) is 1. The zero-order valence-electron chi connectivity index (χ0n) is 12.9. The Labute approximate surface area is 133 Å². The number of hydrogen-bond acceptors (Lipinski definition) is 5. The van der Waals surface area contributed by atoms with E-state index in [9.17, 15) is 19.7 Å². The van der Waals surface area contributed by atoms with Crippen LogP contribution in [0, 0.1) is 10.1 Å². The van der Waals surface area contributed by atoms with Crippen molar-refractivity contribution < 1.29 is 19.6 Å². The maximum absolute atomic E-state index is 12.1. The molecule has 0 bridgehead atoms. The summed E-state index contributed by atoms with van der Waals surface area (Å²) in [5, 5.41) is 23.6. The van der Waals surface area contributed by atoms with Crippen LogP contribution < -0.4 is 10.2 Å². The summed E-state index contributed by atoms with van der Waals surface area (Å²) in [6, 6.07) is 2.93. The van der Waals surface area contributed by atoms with Gasteiger partial charge in [0.2, 0.25) is 0 Å². The molecule has 1 aliphatic rings.